The van der Waals surface area contributed by atoms with Crippen molar-refractivity contribution in [1.82, 2.24) is 14.6 Å². The van der Waals surface area contributed by atoms with Crippen molar-refractivity contribution >= 4 is 16.3 Å². The maximum absolute atomic E-state index is 9.45. The van der Waals surface area contributed by atoms with Gasteiger partial charge < -0.3 is 9.52 Å². The molecule has 0 aliphatic carbocycles. The zero-order valence-electron chi connectivity index (χ0n) is 9.25. The van der Waals surface area contributed by atoms with E-state index in [2.05, 4.69) is 10.1 Å². The average molecular weight is 249 g/mol. The third-order valence-electron chi connectivity index (χ3n) is 2.55. The third-order valence-corrected chi connectivity index (χ3v) is 3.60. The van der Waals surface area contributed by atoms with E-state index in [0.717, 1.165) is 16.4 Å². The smallest absolute Gasteiger partial charge is 0.213 e. The summed E-state index contributed by atoms with van der Waals surface area (Å²) in [4.78, 5) is 5.25. The lowest BCUT2D eigenvalue weighted by molar-refractivity contribution is 0.274. The van der Waals surface area contributed by atoms with Crippen molar-refractivity contribution in [3.8, 4) is 11.5 Å². The molecule has 0 amide bonds. The Morgan fingerprint density at radius 2 is 2.41 bits per heavy atom. The van der Waals surface area contributed by atoms with Crippen molar-refractivity contribution in [2.45, 2.75) is 20.0 Å². The number of rotatable bonds is 3. The fraction of sp³-hybridized carbons (Fsp3) is 0.273. The fourth-order valence-electron chi connectivity index (χ4n) is 1.73. The van der Waals surface area contributed by atoms with E-state index in [1.54, 1.807) is 16.8 Å². The van der Waals surface area contributed by atoms with Gasteiger partial charge in [-0.05, 0) is 18.6 Å². The minimum atomic E-state index is -0.107. The number of aliphatic hydroxyl groups excluding tert-OH is 1. The van der Waals surface area contributed by atoms with Crippen LogP contribution in [-0.4, -0.2) is 19.7 Å². The summed E-state index contributed by atoms with van der Waals surface area (Å²) in [7, 11) is 0. The summed E-state index contributed by atoms with van der Waals surface area (Å²) in [5.74, 6) is 0.657. The molecule has 1 N–H and O–H groups in total. The van der Waals surface area contributed by atoms with Crippen LogP contribution in [0.5, 0.6) is 0 Å². The third kappa shape index (κ3) is 1.57. The summed E-state index contributed by atoms with van der Waals surface area (Å²) in [6.45, 7) is 1.94. The fourth-order valence-corrected chi connectivity index (χ4v) is 2.58. The van der Waals surface area contributed by atoms with Crippen LogP contribution >= 0.6 is 11.3 Å². The van der Waals surface area contributed by atoms with Crippen LogP contribution in [0, 0.1) is 0 Å². The van der Waals surface area contributed by atoms with Gasteiger partial charge >= 0.3 is 0 Å². The van der Waals surface area contributed by atoms with Crippen molar-refractivity contribution in [2.75, 3.05) is 0 Å². The standard InChI is InChI=1S/C11H11N3O2S/c1-2-9-13-14-7(6-15)10(12-11(14)17-9)8-4-3-5-16-8/h3-5,15H,2,6H2,1H3. The summed E-state index contributed by atoms with van der Waals surface area (Å²) >= 11 is 1.53. The van der Waals surface area contributed by atoms with Crippen molar-refractivity contribution in [3.05, 3.63) is 29.1 Å². The van der Waals surface area contributed by atoms with Crippen molar-refractivity contribution in [2.24, 2.45) is 0 Å². The molecule has 0 saturated heterocycles. The number of aromatic nitrogens is 3. The number of aryl methyl sites for hydroxylation is 1. The average Bonchev–Trinajstić information content (AvgIpc) is 3.02. The summed E-state index contributed by atoms with van der Waals surface area (Å²) < 4.78 is 7.00. The monoisotopic (exact) mass is 249 g/mol. The van der Waals surface area contributed by atoms with Gasteiger partial charge in [0.05, 0.1) is 12.9 Å². The molecule has 0 bridgehead atoms. The zero-order valence-corrected chi connectivity index (χ0v) is 10.1. The highest BCUT2D eigenvalue weighted by molar-refractivity contribution is 7.16. The van der Waals surface area contributed by atoms with E-state index >= 15 is 0 Å². The Balaban J connectivity index is 2.23. The van der Waals surface area contributed by atoms with Gasteiger partial charge in [-0.1, -0.05) is 18.3 Å². The predicted molar refractivity (Wildman–Crippen MR) is 63.9 cm³/mol. The molecule has 3 heterocycles. The van der Waals surface area contributed by atoms with E-state index in [4.69, 9.17) is 4.42 Å². The maximum atomic E-state index is 9.45. The van der Waals surface area contributed by atoms with E-state index in [1.165, 1.54) is 11.3 Å². The molecule has 0 aliphatic heterocycles. The highest BCUT2D eigenvalue weighted by Gasteiger charge is 2.18. The minimum absolute atomic E-state index is 0.107. The first kappa shape index (κ1) is 10.5. The number of furan rings is 1. The van der Waals surface area contributed by atoms with Crippen LogP contribution in [0.4, 0.5) is 0 Å². The molecule has 0 fully saturated rings. The van der Waals surface area contributed by atoms with Crippen LogP contribution < -0.4 is 0 Å². The molecule has 3 aromatic rings. The molecule has 17 heavy (non-hydrogen) atoms. The molecule has 3 rings (SSSR count). The molecule has 0 unspecified atom stereocenters. The minimum Gasteiger partial charge on any atom is -0.463 e. The van der Waals surface area contributed by atoms with Gasteiger partial charge in [-0.3, -0.25) is 0 Å². The lowest BCUT2D eigenvalue weighted by atomic mass is 10.3. The molecule has 0 aromatic carbocycles. The van der Waals surface area contributed by atoms with E-state index < -0.39 is 0 Å². The molecule has 5 nitrogen and oxygen atoms in total. The lowest BCUT2D eigenvalue weighted by Gasteiger charge is -1.96. The second kappa shape index (κ2) is 3.97. The Hall–Kier alpha value is -1.66. The number of aliphatic hydroxyl groups is 1. The summed E-state index contributed by atoms with van der Waals surface area (Å²) in [5, 5.41) is 14.9. The largest absolute Gasteiger partial charge is 0.463 e. The Morgan fingerprint density at radius 1 is 1.53 bits per heavy atom. The van der Waals surface area contributed by atoms with Crippen molar-refractivity contribution in [3.63, 3.8) is 0 Å². The molecule has 0 spiro atoms. The van der Waals surface area contributed by atoms with Gasteiger partial charge in [0, 0.05) is 0 Å². The molecule has 0 radical (unpaired) electrons. The zero-order chi connectivity index (χ0) is 11.8. The van der Waals surface area contributed by atoms with Gasteiger partial charge in [-0.2, -0.15) is 5.10 Å². The number of hydrogen-bond acceptors (Lipinski definition) is 5. The molecule has 6 heteroatoms. The van der Waals surface area contributed by atoms with Gasteiger partial charge in [0.25, 0.3) is 0 Å². The van der Waals surface area contributed by atoms with E-state index in [0.29, 0.717) is 17.1 Å². The van der Waals surface area contributed by atoms with E-state index in [1.807, 2.05) is 13.0 Å². The first-order valence-electron chi connectivity index (χ1n) is 5.35. The predicted octanol–water partition coefficient (Wildman–Crippen LogP) is 2.11. The topological polar surface area (TPSA) is 63.6 Å². The lowest BCUT2D eigenvalue weighted by Crippen LogP contribution is -1.95. The number of nitrogens with zero attached hydrogens (tertiary/aromatic N) is 3. The second-order valence-corrected chi connectivity index (χ2v) is 4.63. The summed E-state index contributed by atoms with van der Waals surface area (Å²) in [6.07, 6.45) is 2.46. The van der Waals surface area contributed by atoms with Crippen LogP contribution in [0.3, 0.4) is 0 Å². The maximum Gasteiger partial charge on any atom is 0.213 e. The number of hydrogen-bond donors (Lipinski definition) is 1. The molecular formula is C11H11N3O2S. The Morgan fingerprint density at radius 3 is 3.06 bits per heavy atom. The van der Waals surface area contributed by atoms with Gasteiger partial charge in [0.2, 0.25) is 4.96 Å². The van der Waals surface area contributed by atoms with Crippen LogP contribution in [-0.2, 0) is 13.0 Å². The highest BCUT2D eigenvalue weighted by atomic mass is 32.1. The Kier molecular flexibility index (Phi) is 2.45. The molecule has 0 atom stereocenters. The Labute approximate surface area is 101 Å². The Bertz CT molecular complexity index is 639. The van der Waals surface area contributed by atoms with Crippen molar-refractivity contribution < 1.29 is 9.52 Å². The van der Waals surface area contributed by atoms with Crippen LogP contribution in [0.25, 0.3) is 16.4 Å². The van der Waals surface area contributed by atoms with Crippen LogP contribution in [0.1, 0.15) is 17.6 Å². The molecule has 88 valence electrons. The van der Waals surface area contributed by atoms with Gasteiger partial charge in [-0.15, -0.1) is 0 Å². The molecular weight excluding hydrogens is 238 g/mol. The SMILES string of the molecule is CCc1nn2c(CO)c(-c3ccco3)nc2s1. The van der Waals surface area contributed by atoms with E-state index in [-0.39, 0.29) is 6.61 Å². The molecule has 0 saturated carbocycles. The normalized spacial score (nSPS) is 11.4. The second-order valence-electron chi connectivity index (χ2n) is 3.59. The molecule has 3 aromatic heterocycles. The first-order valence-corrected chi connectivity index (χ1v) is 6.17. The van der Waals surface area contributed by atoms with Gasteiger partial charge in [0.1, 0.15) is 16.4 Å². The number of fused-ring (bicyclic) bond motifs is 1. The van der Waals surface area contributed by atoms with Crippen LogP contribution in [0.15, 0.2) is 22.8 Å². The summed E-state index contributed by atoms with van der Waals surface area (Å²) in [6, 6.07) is 3.63. The van der Waals surface area contributed by atoms with Gasteiger partial charge in [0.15, 0.2) is 5.76 Å². The highest BCUT2D eigenvalue weighted by Crippen LogP contribution is 2.27. The first-order chi connectivity index (χ1) is 8.33. The number of imidazole rings is 1. The quantitative estimate of drug-likeness (QED) is 0.772. The van der Waals surface area contributed by atoms with Crippen LogP contribution in [0.2, 0.25) is 0 Å². The summed E-state index contributed by atoms with van der Waals surface area (Å²) in [5.41, 5.74) is 1.34. The van der Waals surface area contributed by atoms with Crippen molar-refractivity contribution in [1.29, 1.82) is 0 Å². The molecule has 0 aliphatic rings. The van der Waals surface area contributed by atoms with Gasteiger partial charge in [-0.25, -0.2) is 9.50 Å². The van der Waals surface area contributed by atoms with E-state index in [9.17, 15) is 5.11 Å².